The Bertz CT molecular complexity index is 722. The number of amides is 2. The normalized spacial score (nSPS) is 10.4. The maximum atomic E-state index is 12.4. The Balaban J connectivity index is 2.16. The highest BCUT2D eigenvalue weighted by Gasteiger charge is 2.18. The third-order valence-corrected chi connectivity index (χ3v) is 3.51. The van der Waals surface area contributed by atoms with Crippen LogP contribution >= 0.6 is 0 Å². The van der Waals surface area contributed by atoms with Gasteiger partial charge in [-0.25, -0.2) is 0 Å². The Hall–Kier alpha value is -2.83. The fourth-order valence-electron chi connectivity index (χ4n) is 2.23. The summed E-state index contributed by atoms with van der Waals surface area (Å²) in [6, 6.07) is 6.84. The van der Waals surface area contributed by atoms with Crippen molar-refractivity contribution in [1.29, 1.82) is 0 Å². The number of carbonyl (C=O) groups excluding carboxylic acids is 2. The van der Waals surface area contributed by atoms with Crippen LogP contribution < -0.4 is 15.4 Å². The number of rotatable bonds is 8. The number of hydrogen-bond acceptors (Lipinski definition) is 4. The number of nitrogens with zero attached hydrogens (tertiary/aromatic N) is 2. The van der Waals surface area contributed by atoms with E-state index in [1.54, 1.807) is 35.1 Å². The molecule has 1 aromatic heterocycles. The van der Waals surface area contributed by atoms with Crippen molar-refractivity contribution in [3.63, 3.8) is 0 Å². The van der Waals surface area contributed by atoms with Crippen molar-refractivity contribution in [3.8, 4) is 5.75 Å². The van der Waals surface area contributed by atoms with Gasteiger partial charge in [0.25, 0.3) is 11.8 Å². The second-order valence-electron chi connectivity index (χ2n) is 5.41. The van der Waals surface area contributed by atoms with Crippen LogP contribution in [-0.4, -0.2) is 34.7 Å². The molecule has 7 nitrogen and oxygen atoms in total. The van der Waals surface area contributed by atoms with Gasteiger partial charge in [0, 0.05) is 24.8 Å². The topological polar surface area (TPSA) is 85.3 Å². The molecule has 0 aliphatic rings. The molecule has 0 aliphatic heterocycles. The second kappa shape index (κ2) is 8.86. The monoisotopic (exact) mass is 344 g/mol. The first-order valence-electron chi connectivity index (χ1n) is 8.48. The van der Waals surface area contributed by atoms with E-state index >= 15 is 0 Å². The predicted molar refractivity (Wildman–Crippen MR) is 96.1 cm³/mol. The van der Waals surface area contributed by atoms with Crippen LogP contribution in [0.2, 0.25) is 0 Å². The van der Waals surface area contributed by atoms with Crippen LogP contribution in [0.5, 0.6) is 5.75 Å². The Morgan fingerprint density at radius 1 is 1.12 bits per heavy atom. The second-order valence-corrected chi connectivity index (χ2v) is 5.41. The summed E-state index contributed by atoms with van der Waals surface area (Å²) < 4.78 is 6.99. The highest BCUT2D eigenvalue weighted by molar-refractivity contribution is 6.08. The predicted octanol–water partition coefficient (Wildman–Crippen LogP) is 2.69. The molecule has 0 saturated carbocycles. The van der Waals surface area contributed by atoms with Crippen molar-refractivity contribution in [2.75, 3.05) is 18.5 Å². The number of anilines is 1. The largest absolute Gasteiger partial charge is 0.494 e. The van der Waals surface area contributed by atoms with E-state index < -0.39 is 0 Å². The average Bonchev–Trinajstić information content (AvgIpc) is 3.03. The summed E-state index contributed by atoms with van der Waals surface area (Å²) in [7, 11) is 0. The lowest BCUT2D eigenvalue weighted by molar-refractivity contribution is 0.0948. The van der Waals surface area contributed by atoms with E-state index in [0.29, 0.717) is 36.7 Å². The van der Waals surface area contributed by atoms with E-state index in [0.717, 1.165) is 6.42 Å². The van der Waals surface area contributed by atoms with Crippen molar-refractivity contribution < 1.29 is 14.3 Å². The van der Waals surface area contributed by atoms with Crippen molar-refractivity contribution in [1.82, 2.24) is 15.1 Å². The fourth-order valence-corrected chi connectivity index (χ4v) is 2.23. The average molecular weight is 344 g/mol. The highest BCUT2D eigenvalue weighted by Crippen LogP contribution is 2.17. The lowest BCUT2D eigenvalue weighted by atomic mass is 10.2. The molecule has 0 aliphatic carbocycles. The zero-order valence-corrected chi connectivity index (χ0v) is 14.8. The van der Waals surface area contributed by atoms with Gasteiger partial charge in [-0.05, 0) is 44.5 Å². The molecule has 0 spiro atoms. The van der Waals surface area contributed by atoms with Crippen molar-refractivity contribution in [2.24, 2.45) is 0 Å². The molecule has 134 valence electrons. The summed E-state index contributed by atoms with van der Waals surface area (Å²) in [5.41, 5.74) is 1.09. The molecule has 7 heteroatoms. The summed E-state index contributed by atoms with van der Waals surface area (Å²) >= 11 is 0. The smallest absolute Gasteiger partial charge is 0.273 e. The number of nitrogens with one attached hydrogen (secondary N) is 2. The van der Waals surface area contributed by atoms with Gasteiger partial charge in [0.1, 0.15) is 5.75 Å². The van der Waals surface area contributed by atoms with Crippen molar-refractivity contribution >= 4 is 17.5 Å². The molecule has 25 heavy (non-hydrogen) atoms. The van der Waals surface area contributed by atoms with E-state index in [9.17, 15) is 9.59 Å². The van der Waals surface area contributed by atoms with E-state index in [4.69, 9.17) is 4.74 Å². The molecule has 0 unspecified atom stereocenters. The highest BCUT2D eigenvalue weighted by atomic mass is 16.5. The molecule has 0 atom stereocenters. The number of hydrogen-bond donors (Lipinski definition) is 2. The van der Waals surface area contributed by atoms with Crippen LogP contribution in [0.4, 0.5) is 5.69 Å². The van der Waals surface area contributed by atoms with Gasteiger partial charge in [-0.15, -0.1) is 0 Å². The lowest BCUT2D eigenvalue weighted by Crippen LogP contribution is -2.26. The van der Waals surface area contributed by atoms with Crippen molar-refractivity contribution in [2.45, 2.75) is 33.7 Å². The molecule has 2 aromatic rings. The Labute approximate surface area is 147 Å². The SMILES string of the molecule is CCCNC(=O)c1nn(CC)cc1NC(=O)c1ccc(OCC)cc1. The van der Waals surface area contributed by atoms with Gasteiger partial charge in [-0.3, -0.25) is 14.3 Å². The standard InChI is InChI=1S/C18H24N4O3/c1-4-11-19-18(24)16-15(12-22(5-2)21-16)20-17(23)13-7-9-14(10-8-13)25-6-3/h7-10,12H,4-6,11H2,1-3H3,(H,19,24)(H,20,23). The first-order chi connectivity index (χ1) is 12.1. The van der Waals surface area contributed by atoms with Gasteiger partial charge >= 0.3 is 0 Å². The van der Waals surface area contributed by atoms with E-state index in [2.05, 4.69) is 15.7 Å². The number of benzene rings is 1. The van der Waals surface area contributed by atoms with E-state index in [1.165, 1.54) is 0 Å². The fraction of sp³-hybridized carbons (Fsp3) is 0.389. The molecule has 1 aromatic carbocycles. The molecule has 0 saturated heterocycles. The van der Waals surface area contributed by atoms with Crippen LogP contribution in [0.1, 0.15) is 48.0 Å². The van der Waals surface area contributed by atoms with Crippen LogP contribution in [0.15, 0.2) is 30.5 Å². The first-order valence-corrected chi connectivity index (χ1v) is 8.48. The van der Waals surface area contributed by atoms with Gasteiger partial charge in [0.2, 0.25) is 0 Å². The van der Waals surface area contributed by atoms with Gasteiger partial charge < -0.3 is 15.4 Å². The molecule has 0 radical (unpaired) electrons. The first kappa shape index (κ1) is 18.5. The maximum Gasteiger partial charge on any atom is 0.273 e. The molecule has 0 fully saturated rings. The molecule has 0 bridgehead atoms. The van der Waals surface area contributed by atoms with Crippen LogP contribution in [-0.2, 0) is 6.54 Å². The molecule has 1 heterocycles. The third kappa shape index (κ3) is 4.82. The van der Waals surface area contributed by atoms with E-state index in [-0.39, 0.29) is 17.5 Å². The Morgan fingerprint density at radius 3 is 2.44 bits per heavy atom. The molecule has 2 N–H and O–H groups in total. The minimum atomic E-state index is -0.303. The minimum absolute atomic E-state index is 0.217. The van der Waals surface area contributed by atoms with Crippen LogP contribution in [0.25, 0.3) is 0 Å². The van der Waals surface area contributed by atoms with Crippen LogP contribution in [0.3, 0.4) is 0 Å². The number of ether oxygens (including phenoxy) is 1. The minimum Gasteiger partial charge on any atom is -0.494 e. The Kier molecular flexibility index (Phi) is 6.56. The van der Waals surface area contributed by atoms with Gasteiger partial charge in [-0.2, -0.15) is 5.10 Å². The van der Waals surface area contributed by atoms with Gasteiger partial charge in [0.15, 0.2) is 5.69 Å². The lowest BCUT2D eigenvalue weighted by Gasteiger charge is -2.07. The molecular weight excluding hydrogens is 320 g/mol. The summed E-state index contributed by atoms with van der Waals surface area (Å²) in [5.74, 6) is 0.108. The summed E-state index contributed by atoms with van der Waals surface area (Å²) in [6.45, 7) is 7.52. The van der Waals surface area contributed by atoms with Gasteiger partial charge in [0.05, 0.1) is 12.3 Å². The van der Waals surface area contributed by atoms with Gasteiger partial charge in [-0.1, -0.05) is 6.92 Å². The zero-order chi connectivity index (χ0) is 18.2. The summed E-state index contributed by atoms with van der Waals surface area (Å²) in [5, 5.41) is 9.78. The molecular formula is C18H24N4O3. The number of aromatic nitrogens is 2. The number of aryl methyl sites for hydroxylation is 1. The third-order valence-electron chi connectivity index (χ3n) is 3.51. The Morgan fingerprint density at radius 2 is 1.84 bits per heavy atom. The van der Waals surface area contributed by atoms with Crippen molar-refractivity contribution in [3.05, 3.63) is 41.7 Å². The van der Waals surface area contributed by atoms with E-state index in [1.807, 2.05) is 20.8 Å². The molecule has 2 amide bonds. The summed E-state index contributed by atoms with van der Waals surface area (Å²) in [4.78, 5) is 24.7. The quantitative estimate of drug-likeness (QED) is 0.771. The molecule has 2 rings (SSSR count). The number of carbonyl (C=O) groups is 2. The van der Waals surface area contributed by atoms with Crippen LogP contribution in [0, 0.1) is 0 Å². The zero-order valence-electron chi connectivity index (χ0n) is 14.8. The maximum absolute atomic E-state index is 12.4. The summed E-state index contributed by atoms with van der Waals surface area (Å²) in [6.07, 6.45) is 2.49.